The SMILES string of the molecule is O=C(Cc1ccc(Br)cc1Cl)C1CSCCO1. The maximum Gasteiger partial charge on any atom is 0.166 e. The average Bonchev–Trinajstić information content (AvgIpc) is 2.34. The number of Topliss-reactive ketones (excluding diaryl/α,β-unsaturated/α-hetero) is 1. The summed E-state index contributed by atoms with van der Waals surface area (Å²) in [6, 6.07) is 5.58. The predicted molar refractivity (Wildman–Crippen MR) is 74.9 cm³/mol. The minimum Gasteiger partial charge on any atom is -0.369 e. The molecule has 0 saturated carbocycles. The van der Waals surface area contributed by atoms with Gasteiger partial charge in [0, 0.05) is 27.4 Å². The molecular formula is C12H12BrClO2S. The van der Waals surface area contributed by atoms with Gasteiger partial charge < -0.3 is 4.74 Å². The first kappa shape index (κ1) is 13.4. The number of hydrogen-bond donors (Lipinski definition) is 0. The van der Waals surface area contributed by atoms with E-state index in [1.165, 1.54) is 0 Å². The number of carbonyl (C=O) groups is 1. The summed E-state index contributed by atoms with van der Waals surface area (Å²) in [6.07, 6.45) is 0.0746. The van der Waals surface area contributed by atoms with E-state index >= 15 is 0 Å². The second-order valence-electron chi connectivity index (χ2n) is 3.81. The number of ketones is 1. The zero-order valence-corrected chi connectivity index (χ0v) is 12.3. The maximum atomic E-state index is 12.0. The molecule has 17 heavy (non-hydrogen) atoms. The van der Waals surface area contributed by atoms with Crippen LogP contribution >= 0.6 is 39.3 Å². The molecule has 1 fully saturated rings. The van der Waals surface area contributed by atoms with Gasteiger partial charge in [-0.2, -0.15) is 11.8 Å². The Kier molecular flexibility index (Phi) is 4.91. The minimum absolute atomic E-state index is 0.112. The van der Waals surface area contributed by atoms with Crippen LogP contribution in [0.25, 0.3) is 0 Å². The van der Waals surface area contributed by atoms with Crippen LogP contribution < -0.4 is 0 Å². The number of halogens is 2. The topological polar surface area (TPSA) is 26.3 Å². The summed E-state index contributed by atoms with van der Waals surface area (Å²) in [7, 11) is 0. The van der Waals surface area contributed by atoms with Crippen LogP contribution in [0.4, 0.5) is 0 Å². The van der Waals surface area contributed by atoms with E-state index in [0.717, 1.165) is 21.5 Å². The van der Waals surface area contributed by atoms with Crippen molar-refractivity contribution in [3.63, 3.8) is 0 Å². The van der Waals surface area contributed by atoms with E-state index in [1.54, 1.807) is 17.8 Å². The first-order valence-corrected chi connectivity index (χ1v) is 7.65. The number of benzene rings is 1. The molecule has 0 amide bonds. The molecule has 1 aromatic carbocycles. The summed E-state index contributed by atoms with van der Waals surface area (Å²) in [5, 5.41) is 0.621. The van der Waals surface area contributed by atoms with Crippen molar-refractivity contribution < 1.29 is 9.53 Å². The van der Waals surface area contributed by atoms with Crippen LogP contribution in [-0.2, 0) is 16.0 Å². The standard InChI is InChI=1S/C12H12BrClO2S/c13-9-2-1-8(10(14)6-9)5-11(15)12-7-17-4-3-16-12/h1-2,6,12H,3-5,7H2. The van der Waals surface area contributed by atoms with Gasteiger partial charge in [-0.1, -0.05) is 33.6 Å². The molecule has 0 bridgehead atoms. The van der Waals surface area contributed by atoms with E-state index in [-0.39, 0.29) is 11.9 Å². The van der Waals surface area contributed by atoms with Crippen molar-refractivity contribution in [2.24, 2.45) is 0 Å². The van der Waals surface area contributed by atoms with Gasteiger partial charge in [-0.3, -0.25) is 4.79 Å². The zero-order chi connectivity index (χ0) is 12.3. The second kappa shape index (κ2) is 6.23. The lowest BCUT2D eigenvalue weighted by Gasteiger charge is -2.21. The van der Waals surface area contributed by atoms with E-state index in [4.69, 9.17) is 16.3 Å². The predicted octanol–water partition coefficient (Wildman–Crippen LogP) is 3.35. The zero-order valence-electron chi connectivity index (χ0n) is 9.12. The monoisotopic (exact) mass is 334 g/mol. The molecule has 1 unspecified atom stereocenters. The summed E-state index contributed by atoms with van der Waals surface area (Å²) < 4.78 is 6.37. The van der Waals surface area contributed by atoms with Crippen molar-refractivity contribution in [3.05, 3.63) is 33.3 Å². The molecule has 1 heterocycles. The molecule has 1 aliphatic heterocycles. The highest BCUT2D eigenvalue weighted by atomic mass is 79.9. The van der Waals surface area contributed by atoms with Crippen LogP contribution in [0.2, 0.25) is 5.02 Å². The fourth-order valence-corrected chi connectivity index (χ4v) is 3.26. The quantitative estimate of drug-likeness (QED) is 0.847. The number of thioether (sulfide) groups is 1. The van der Waals surface area contributed by atoms with Crippen molar-refractivity contribution in [1.29, 1.82) is 0 Å². The van der Waals surface area contributed by atoms with Crippen LogP contribution in [0.15, 0.2) is 22.7 Å². The Morgan fingerprint density at radius 3 is 3.06 bits per heavy atom. The van der Waals surface area contributed by atoms with Crippen molar-refractivity contribution in [3.8, 4) is 0 Å². The molecule has 1 atom stereocenters. The molecule has 1 aromatic rings. The highest BCUT2D eigenvalue weighted by Crippen LogP contribution is 2.23. The summed E-state index contributed by atoms with van der Waals surface area (Å²) in [6.45, 7) is 0.662. The molecule has 2 nitrogen and oxygen atoms in total. The molecule has 0 radical (unpaired) electrons. The minimum atomic E-state index is -0.270. The van der Waals surface area contributed by atoms with E-state index < -0.39 is 0 Å². The van der Waals surface area contributed by atoms with Crippen molar-refractivity contribution in [2.45, 2.75) is 12.5 Å². The lowest BCUT2D eigenvalue weighted by Crippen LogP contribution is -2.32. The van der Waals surface area contributed by atoms with Crippen molar-refractivity contribution in [2.75, 3.05) is 18.1 Å². The molecule has 0 spiro atoms. The van der Waals surface area contributed by atoms with E-state index in [1.807, 2.05) is 12.1 Å². The smallest absolute Gasteiger partial charge is 0.166 e. The molecule has 0 aromatic heterocycles. The summed E-state index contributed by atoms with van der Waals surface area (Å²) in [4.78, 5) is 12.0. The first-order chi connectivity index (χ1) is 8.16. The van der Waals surface area contributed by atoms with E-state index in [9.17, 15) is 4.79 Å². The number of carbonyl (C=O) groups excluding carboxylic acids is 1. The lowest BCUT2D eigenvalue weighted by atomic mass is 10.1. The Balaban J connectivity index is 2.02. The highest BCUT2D eigenvalue weighted by molar-refractivity contribution is 9.10. The van der Waals surface area contributed by atoms with Gasteiger partial charge in [-0.25, -0.2) is 0 Å². The van der Waals surface area contributed by atoms with Crippen LogP contribution in [0.3, 0.4) is 0 Å². The van der Waals surface area contributed by atoms with E-state index in [2.05, 4.69) is 15.9 Å². The molecule has 2 rings (SSSR count). The molecular weight excluding hydrogens is 324 g/mol. The average molecular weight is 336 g/mol. The van der Waals surface area contributed by atoms with E-state index in [0.29, 0.717) is 18.1 Å². The summed E-state index contributed by atoms with van der Waals surface area (Å²) in [5.41, 5.74) is 0.860. The van der Waals surface area contributed by atoms with Gasteiger partial charge in [0.15, 0.2) is 5.78 Å². The lowest BCUT2D eigenvalue weighted by molar-refractivity contribution is -0.128. The molecule has 0 aliphatic carbocycles. The van der Waals surface area contributed by atoms with Crippen LogP contribution in [0.5, 0.6) is 0 Å². The maximum absolute atomic E-state index is 12.0. The van der Waals surface area contributed by atoms with Crippen LogP contribution in [-0.4, -0.2) is 30.0 Å². The van der Waals surface area contributed by atoms with Gasteiger partial charge in [0.1, 0.15) is 6.10 Å². The normalized spacial score (nSPS) is 20.2. The van der Waals surface area contributed by atoms with Crippen LogP contribution in [0.1, 0.15) is 5.56 Å². The third-order valence-corrected chi connectivity index (χ3v) is 4.39. The van der Waals surface area contributed by atoms with Crippen molar-refractivity contribution in [1.82, 2.24) is 0 Å². The molecule has 1 saturated heterocycles. The largest absolute Gasteiger partial charge is 0.369 e. The Labute approximate surface area is 118 Å². The Bertz CT molecular complexity index is 419. The van der Waals surface area contributed by atoms with Gasteiger partial charge in [0.05, 0.1) is 6.61 Å². The molecule has 92 valence electrons. The van der Waals surface area contributed by atoms with Crippen LogP contribution in [0, 0.1) is 0 Å². The first-order valence-electron chi connectivity index (χ1n) is 5.33. The third kappa shape index (κ3) is 3.71. The van der Waals surface area contributed by atoms with Gasteiger partial charge in [-0.15, -0.1) is 0 Å². The van der Waals surface area contributed by atoms with Crippen molar-refractivity contribution >= 4 is 45.1 Å². The Hall–Kier alpha value is -0.0300. The molecule has 0 N–H and O–H groups in total. The molecule has 5 heteroatoms. The van der Waals surface area contributed by atoms with Gasteiger partial charge >= 0.3 is 0 Å². The fraction of sp³-hybridized carbons (Fsp3) is 0.417. The number of hydrogen-bond acceptors (Lipinski definition) is 3. The van der Waals surface area contributed by atoms with Gasteiger partial charge in [0.2, 0.25) is 0 Å². The third-order valence-electron chi connectivity index (χ3n) is 2.55. The summed E-state index contributed by atoms with van der Waals surface area (Å²) >= 11 is 11.2. The van der Waals surface area contributed by atoms with Gasteiger partial charge in [-0.05, 0) is 17.7 Å². The molecule has 1 aliphatic rings. The highest BCUT2D eigenvalue weighted by Gasteiger charge is 2.22. The Morgan fingerprint density at radius 1 is 1.59 bits per heavy atom. The number of rotatable bonds is 3. The number of ether oxygens (including phenoxy) is 1. The second-order valence-corrected chi connectivity index (χ2v) is 6.29. The fourth-order valence-electron chi connectivity index (χ4n) is 1.64. The Morgan fingerprint density at radius 2 is 2.41 bits per heavy atom. The summed E-state index contributed by atoms with van der Waals surface area (Å²) in [5.74, 6) is 1.84. The van der Waals surface area contributed by atoms with Gasteiger partial charge in [0.25, 0.3) is 0 Å².